The highest BCUT2D eigenvalue weighted by Gasteiger charge is 2.09. The Morgan fingerprint density at radius 1 is 1.32 bits per heavy atom. The lowest BCUT2D eigenvalue weighted by Crippen LogP contribution is -2.13. The highest BCUT2D eigenvalue weighted by molar-refractivity contribution is 6.01. The van der Waals surface area contributed by atoms with Gasteiger partial charge in [-0.05, 0) is 24.3 Å². The molecule has 2 rings (SSSR count). The lowest BCUT2D eigenvalue weighted by molar-refractivity contribution is 0.0996. The van der Waals surface area contributed by atoms with Crippen molar-refractivity contribution in [1.29, 1.82) is 0 Å². The summed E-state index contributed by atoms with van der Waals surface area (Å²) in [6.45, 7) is 1.22. The van der Waals surface area contributed by atoms with Gasteiger partial charge in [0.05, 0.1) is 12.9 Å². The number of ether oxygens (including phenoxy) is 1. The molecule has 2 N–H and O–H groups in total. The van der Waals surface area contributed by atoms with Crippen LogP contribution in [-0.4, -0.2) is 36.4 Å². The monoisotopic (exact) mass is 262 g/mol. The smallest absolute Gasteiger partial charge is 0.292 e. The molecule has 0 atom stereocenters. The molecule has 19 heavy (non-hydrogen) atoms. The summed E-state index contributed by atoms with van der Waals surface area (Å²) in [4.78, 5) is 11.7. The van der Waals surface area contributed by atoms with E-state index in [2.05, 4.69) is 20.8 Å². The Morgan fingerprint density at radius 3 is 2.74 bits per heavy atom. The molecule has 0 saturated carbocycles. The summed E-state index contributed by atoms with van der Waals surface area (Å²) in [6, 6.07) is 6.59. The van der Waals surface area contributed by atoms with Crippen molar-refractivity contribution in [2.75, 3.05) is 30.9 Å². The van der Waals surface area contributed by atoms with E-state index in [0.29, 0.717) is 24.8 Å². The number of aromatic nitrogens is 2. The maximum atomic E-state index is 11.7. The molecule has 1 amide bonds. The fourth-order valence-electron chi connectivity index (χ4n) is 1.36. The van der Waals surface area contributed by atoms with Crippen LogP contribution < -0.4 is 10.6 Å². The Labute approximate surface area is 110 Å². The van der Waals surface area contributed by atoms with Gasteiger partial charge in [0.1, 0.15) is 5.82 Å². The molecule has 7 nitrogen and oxygen atoms in total. The first-order chi connectivity index (χ1) is 9.29. The Balaban J connectivity index is 1.90. The van der Waals surface area contributed by atoms with Crippen LogP contribution in [0.25, 0.3) is 0 Å². The fraction of sp³-hybridized carbons (Fsp3) is 0.250. The van der Waals surface area contributed by atoms with Gasteiger partial charge < -0.3 is 19.8 Å². The molecular weight excluding hydrogens is 248 g/mol. The van der Waals surface area contributed by atoms with Crippen LogP contribution in [0.4, 0.5) is 11.6 Å². The number of furan rings is 1. The summed E-state index contributed by atoms with van der Waals surface area (Å²) in [5.74, 6) is 0.843. The Hall–Kier alpha value is -2.41. The molecule has 2 heterocycles. The molecule has 2 aromatic heterocycles. The minimum Gasteiger partial charge on any atom is -0.459 e. The quantitative estimate of drug-likeness (QED) is 0.764. The van der Waals surface area contributed by atoms with E-state index in [0.717, 1.165) is 0 Å². The lowest BCUT2D eigenvalue weighted by Gasteiger charge is -2.05. The van der Waals surface area contributed by atoms with Crippen molar-refractivity contribution in [3.8, 4) is 0 Å². The van der Waals surface area contributed by atoms with Crippen molar-refractivity contribution in [3.63, 3.8) is 0 Å². The molecule has 0 aliphatic rings. The summed E-state index contributed by atoms with van der Waals surface area (Å²) in [6.07, 6.45) is 1.43. The van der Waals surface area contributed by atoms with Gasteiger partial charge in [0.15, 0.2) is 11.6 Å². The number of carbonyl (C=O) groups is 1. The lowest BCUT2D eigenvalue weighted by atomic mass is 10.4. The summed E-state index contributed by atoms with van der Waals surface area (Å²) in [5.41, 5.74) is 0. The van der Waals surface area contributed by atoms with Gasteiger partial charge in [0.25, 0.3) is 5.91 Å². The van der Waals surface area contributed by atoms with Crippen molar-refractivity contribution in [2.45, 2.75) is 0 Å². The summed E-state index contributed by atoms with van der Waals surface area (Å²) < 4.78 is 9.87. The minimum atomic E-state index is -0.362. The van der Waals surface area contributed by atoms with Gasteiger partial charge in [0, 0.05) is 13.7 Å². The second kappa shape index (κ2) is 6.50. The van der Waals surface area contributed by atoms with E-state index in [-0.39, 0.29) is 11.7 Å². The summed E-state index contributed by atoms with van der Waals surface area (Å²) in [7, 11) is 1.63. The number of anilines is 2. The van der Waals surface area contributed by atoms with E-state index in [1.807, 2.05) is 0 Å². The van der Waals surface area contributed by atoms with Crippen molar-refractivity contribution in [3.05, 3.63) is 36.3 Å². The highest BCUT2D eigenvalue weighted by atomic mass is 16.5. The molecule has 0 aliphatic carbocycles. The largest absolute Gasteiger partial charge is 0.459 e. The predicted octanol–water partition coefficient (Wildman–Crippen LogP) is 1.38. The number of carbonyl (C=O) groups excluding carboxylic acids is 1. The second-order valence-electron chi connectivity index (χ2n) is 3.65. The van der Waals surface area contributed by atoms with Gasteiger partial charge in [-0.1, -0.05) is 0 Å². The average Bonchev–Trinajstić information content (AvgIpc) is 2.95. The zero-order valence-electron chi connectivity index (χ0n) is 10.4. The molecule has 0 fully saturated rings. The molecule has 0 unspecified atom stereocenters. The van der Waals surface area contributed by atoms with E-state index >= 15 is 0 Å². The number of hydrogen-bond acceptors (Lipinski definition) is 6. The maximum absolute atomic E-state index is 11.7. The SMILES string of the molecule is COCCNc1ccc(NC(=O)c2ccco2)nn1. The third-order valence-corrected chi connectivity index (χ3v) is 2.26. The van der Waals surface area contributed by atoms with Crippen molar-refractivity contribution in [2.24, 2.45) is 0 Å². The van der Waals surface area contributed by atoms with Gasteiger partial charge in [0.2, 0.25) is 0 Å². The van der Waals surface area contributed by atoms with Crippen molar-refractivity contribution >= 4 is 17.5 Å². The van der Waals surface area contributed by atoms with Gasteiger partial charge in [-0.25, -0.2) is 0 Å². The molecule has 0 bridgehead atoms. The van der Waals surface area contributed by atoms with Crippen LogP contribution in [0.1, 0.15) is 10.6 Å². The van der Waals surface area contributed by atoms with Crippen molar-refractivity contribution < 1.29 is 13.9 Å². The topological polar surface area (TPSA) is 89.3 Å². The standard InChI is InChI=1S/C12H14N4O3/c1-18-8-6-13-10-4-5-11(16-15-10)14-12(17)9-3-2-7-19-9/h2-5,7H,6,8H2,1H3,(H,13,15)(H,14,16,17). The van der Waals surface area contributed by atoms with Crippen molar-refractivity contribution in [1.82, 2.24) is 10.2 Å². The van der Waals surface area contributed by atoms with Crippen LogP contribution in [0.15, 0.2) is 34.9 Å². The number of nitrogens with one attached hydrogen (secondary N) is 2. The number of amides is 1. The number of nitrogens with zero attached hydrogens (tertiary/aromatic N) is 2. The van der Waals surface area contributed by atoms with Crippen LogP contribution in [0.3, 0.4) is 0 Å². The van der Waals surface area contributed by atoms with Gasteiger partial charge in [-0.3, -0.25) is 4.79 Å². The maximum Gasteiger partial charge on any atom is 0.292 e. The first kappa shape index (κ1) is 13.0. The number of hydrogen-bond donors (Lipinski definition) is 2. The van der Waals surface area contributed by atoms with Crippen LogP contribution in [0.2, 0.25) is 0 Å². The zero-order valence-corrected chi connectivity index (χ0v) is 10.4. The van der Waals surface area contributed by atoms with E-state index in [1.165, 1.54) is 6.26 Å². The van der Waals surface area contributed by atoms with E-state index < -0.39 is 0 Å². The fourth-order valence-corrected chi connectivity index (χ4v) is 1.36. The molecule has 0 radical (unpaired) electrons. The van der Waals surface area contributed by atoms with E-state index in [1.54, 1.807) is 31.4 Å². The first-order valence-corrected chi connectivity index (χ1v) is 5.71. The first-order valence-electron chi connectivity index (χ1n) is 5.71. The molecule has 7 heteroatoms. The molecular formula is C12H14N4O3. The molecule has 100 valence electrons. The normalized spacial score (nSPS) is 10.2. The average molecular weight is 262 g/mol. The Bertz CT molecular complexity index is 510. The van der Waals surface area contributed by atoms with E-state index in [9.17, 15) is 4.79 Å². The van der Waals surface area contributed by atoms with Crippen LogP contribution in [0.5, 0.6) is 0 Å². The molecule has 2 aromatic rings. The van der Waals surface area contributed by atoms with Gasteiger partial charge in [-0.15, -0.1) is 10.2 Å². The van der Waals surface area contributed by atoms with Gasteiger partial charge in [-0.2, -0.15) is 0 Å². The Kier molecular flexibility index (Phi) is 4.46. The molecule has 0 saturated heterocycles. The number of methoxy groups -OCH3 is 1. The third kappa shape index (κ3) is 3.78. The zero-order chi connectivity index (χ0) is 13.5. The second-order valence-corrected chi connectivity index (χ2v) is 3.65. The summed E-state index contributed by atoms with van der Waals surface area (Å²) in [5, 5.41) is 13.4. The minimum absolute atomic E-state index is 0.226. The summed E-state index contributed by atoms with van der Waals surface area (Å²) >= 11 is 0. The number of rotatable bonds is 6. The highest BCUT2D eigenvalue weighted by Crippen LogP contribution is 2.08. The van der Waals surface area contributed by atoms with Crippen LogP contribution >= 0.6 is 0 Å². The Morgan fingerprint density at radius 2 is 2.11 bits per heavy atom. The molecule has 0 aromatic carbocycles. The molecule has 0 spiro atoms. The van der Waals surface area contributed by atoms with Gasteiger partial charge >= 0.3 is 0 Å². The van der Waals surface area contributed by atoms with Crippen LogP contribution in [-0.2, 0) is 4.74 Å². The van der Waals surface area contributed by atoms with E-state index in [4.69, 9.17) is 9.15 Å². The molecule has 0 aliphatic heterocycles. The van der Waals surface area contributed by atoms with Crippen LogP contribution in [0, 0.1) is 0 Å². The predicted molar refractivity (Wildman–Crippen MR) is 69.1 cm³/mol. The third-order valence-electron chi connectivity index (χ3n) is 2.26.